The Morgan fingerprint density at radius 2 is 2.33 bits per heavy atom. The smallest absolute Gasteiger partial charge is 0.241 e. The van der Waals surface area contributed by atoms with Crippen molar-refractivity contribution in [3.63, 3.8) is 0 Å². The number of nitrogen functional groups attached to an aromatic ring is 1. The lowest BCUT2D eigenvalue weighted by atomic mass is 10.0. The Bertz CT molecular complexity index is 510. The van der Waals surface area contributed by atoms with Crippen LogP contribution in [0.4, 0.5) is 11.4 Å². The van der Waals surface area contributed by atoms with Gasteiger partial charge in [-0.2, -0.15) is 0 Å². The molecule has 0 aromatic heterocycles. The van der Waals surface area contributed by atoms with Crippen molar-refractivity contribution in [1.29, 1.82) is 0 Å². The minimum Gasteiger partial charge on any atom is -0.397 e. The first-order chi connectivity index (χ1) is 10.0. The third-order valence-corrected chi connectivity index (χ3v) is 4.27. The summed E-state index contributed by atoms with van der Waals surface area (Å²) in [5, 5.41) is 12.8. The molecule has 0 spiro atoms. The normalized spacial score (nSPS) is 21.0. The second kappa shape index (κ2) is 7.11. The summed E-state index contributed by atoms with van der Waals surface area (Å²) in [7, 11) is 0. The molecule has 0 radical (unpaired) electrons. The zero-order chi connectivity index (χ0) is 15.4. The molecular formula is C15H22ClN3O2. The number of aliphatic hydroxyl groups excluding tert-OH is 1. The number of rotatable bonds is 4. The highest BCUT2D eigenvalue weighted by Crippen LogP contribution is 2.24. The van der Waals surface area contributed by atoms with Crippen molar-refractivity contribution in [2.75, 3.05) is 24.2 Å². The van der Waals surface area contributed by atoms with E-state index in [1.165, 1.54) is 0 Å². The van der Waals surface area contributed by atoms with Crippen LogP contribution in [0.5, 0.6) is 0 Å². The number of piperidine rings is 1. The second-order valence-electron chi connectivity index (χ2n) is 5.47. The standard InChI is InChI=1S/C15H22ClN3O2/c1-10(19-7-3-2-4-12(19)9-20)15(21)18-14-6-5-11(16)8-13(14)17/h5-6,8,10,12,20H,2-4,7,9,17H2,1H3,(H,18,21). The average Bonchev–Trinajstić information content (AvgIpc) is 2.49. The highest BCUT2D eigenvalue weighted by Gasteiger charge is 2.29. The molecule has 4 N–H and O–H groups in total. The topological polar surface area (TPSA) is 78.6 Å². The number of hydrogen-bond donors (Lipinski definition) is 3. The molecule has 1 saturated heterocycles. The molecule has 2 rings (SSSR count). The van der Waals surface area contributed by atoms with Crippen LogP contribution in [0.1, 0.15) is 26.2 Å². The third-order valence-electron chi connectivity index (χ3n) is 4.03. The Kier molecular flexibility index (Phi) is 5.45. The number of benzene rings is 1. The lowest BCUT2D eigenvalue weighted by Crippen LogP contribution is -2.51. The quantitative estimate of drug-likeness (QED) is 0.744. The molecule has 6 heteroatoms. The maximum Gasteiger partial charge on any atom is 0.241 e. The van der Waals surface area contributed by atoms with E-state index in [0.717, 1.165) is 25.8 Å². The van der Waals surface area contributed by atoms with Gasteiger partial charge in [0.05, 0.1) is 24.0 Å². The average molecular weight is 312 g/mol. The van der Waals surface area contributed by atoms with Crippen LogP contribution in [0.15, 0.2) is 18.2 Å². The van der Waals surface area contributed by atoms with E-state index >= 15 is 0 Å². The van der Waals surface area contributed by atoms with Gasteiger partial charge in [0.25, 0.3) is 0 Å². The maximum atomic E-state index is 12.4. The van der Waals surface area contributed by atoms with Crippen molar-refractivity contribution in [2.24, 2.45) is 0 Å². The van der Waals surface area contributed by atoms with Crippen molar-refractivity contribution in [3.8, 4) is 0 Å². The highest BCUT2D eigenvalue weighted by atomic mass is 35.5. The van der Waals surface area contributed by atoms with Gasteiger partial charge >= 0.3 is 0 Å². The summed E-state index contributed by atoms with van der Waals surface area (Å²) >= 11 is 5.85. The lowest BCUT2D eigenvalue weighted by molar-refractivity contribution is -0.122. The number of nitrogens with two attached hydrogens (primary N) is 1. The molecule has 1 heterocycles. The van der Waals surface area contributed by atoms with Gasteiger partial charge in [0.2, 0.25) is 5.91 Å². The Balaban J connectivity index is 2.04. The first-order valence-electron chi connectivity index (χ1n) is 7.25. The van der Waals surface area contributed by atoms with Crippen LogP contribution in [-0.4, -0.2) is 41.1 Å². The molecule has 1 amide bonds. The molecule has 1 fully saturated rings. The number of amides is 1. The van der Waals surface area contributed by atoms with Gasteiger partial charge in [-0.15, -0.1) is 0 Å². The van der Waals surface area contributed by atoms with Gasteiger partial charge in [0.15, 0.2) is 0 Å². The number of carbonyl (C=O) groups is 1. The molecule has 0 aliphatic carbocycles. The highest BCUT2D eigenvalue weighted by molar-refractivity contribution is 6.31. The minimum absolute atomic E-state index is 0.0575. The van der Waals surface area contributed by atoms with Gasteiger partial charge in [0.1, 0.15) is 0 Å². The fourth-order valence-electron chi connectivity index (χ4n) is 2.76. The van der Waals surface area contributed by atoms with E-state index in [2.05, 4.69) is 10.2 Å². The summed E-state index contributed by atoms with van der Waals surface area (Å²) in [6.45, 7) is 2.77. The predicted octanol–water partition coefficient (Wildman–Crippen LogP) is 2.10. The number of halogens is 1. The van der Waals surface area contributed by atoms with E-state index < -0.39 is 0 Å². The Morgan fingerprint density at radius 3 is 3.00 bits per heavy atom. The van der Waals surface area contributed by atoms with Gasteiger partial charge in [-0.05, 0) is 44.5 Å². The van der Waals surface area contributed by atoms with Gasteiger partial charge in [-0.25, -0.2) is 0 Å². The van der Waals surface area contributed by atoms with Crippen LogP contribution >= 0.6 is 11.6 Å². The van der Waals surface area contributed by atoms with Crippen molar-refractivity contribution < 1.29 is 9.90 Å². The fourth-order valence-corrected chi connectivity index (χ4v) is 2.94. The SMILES string of the molecule is CC(C(=O)Nc1ccc(Cl)cc1N)N1CCCCC1CO. The number of anilines is 2. The Labute approximate surface area is 130 Å². The van der Waals surface area contributed by atoms with Crippen molar-refractivity contribution in [3.05, 3.63) is 23.2 Å². The van der Waals surface area contributed by atoms with E-state index in [4.69, 9.17) is 17.3 Å². The monoisotopic (exact) mass is 311 g/mol. The first-order valence-corrected chi connectivity index (χ1v) is 7.63. The molecule has 116 valence electrons. The molecule has 2 unspecified atom stereocenters. The number of aliphatic hydroxyl groups is 1. The summed E-state index contributed by atoms with van der Waals surface area (Å²) in [4.78, 5) is 14.4. The van der Waals surface area contributed by atoms with Crippen LogP contribution in [0.3, 0.4) is 0 Å². The van der Waals surface area contributed by atoms with E-state index in [0.29, 0.717) is 16.4 Å². The molecule has 1 aliphatic rings. The van der Waals surface area contributed by atoms with Gasteiger partial charge in [-0.1, -0.05) is 18.0 Å². The number of hydrogen-bond acceptors (Lipinski definition) is 4. The summed E-state index contributed by atoms with van der Waals surface area (Å²) in [5.74, 6) is -0.121. The van der Waals surface area contributed by atoms with Crippen LogP contribution in [0.2, 0.25) is 5.02 Å². The van der Waals surface area contributed by atoms with Crippen molar-refractivity contribution in [2.45, 2.75) is 38.3 Å². The first kappa shape index (κ1) is 16.1. The zero-order valence-electron chi connectivity index (χ0n) is 12.2. The number of carbonyl (C=O) groups excluding carboxylic acids is 1. The van der Waals surface area contributed by atoms with Gasteiger partial charge < -0.3 is 16.2 Å². The summed E-state index contributed by atoms with van der Waals surface area (Å²) in [6, 6.07) is 4.75. The molecule has 1 aliphatic heterocycles. The van der Waals surface area contributed by atoms with Crippen molar-refractivity contribution >= 4 is 28.9 Å². The molecule has 0 saturated carbocycles. The fraction of sp³-hybridized carbons (Fsp3) is 0.533. The van der Waals surface area contributed by atoms with E-state index in [1.807, 2.05) is 6.92 Å². The van der Waals surface area contributed by atoms with Crippen molar-refractivity contribution in [1.82, 2.24) is 4.90 Å². The van der Waals surface area contributed by atoms with Crippen LogP contribution < -0.4 is 11.1 Å². The number of nitrogens with one attached hydrogen (secondary N) is 1. The molecule has 2 atom stereocenters. The van der Waals surface area contributed by atoms with Gasteiger partial charge in [-0.3, -0.25) is 9.69 Å². The molecule has 1 aromatic carbocycles. The summed E-state index contributed by atoms with van der Waals surface area (Å²) in [5.41, 5.74) is 6.86. The number of nitrogens with zero attached hydrogens (tertiary/aromatic N) is 1. The molecule has 21 heavy (non-hydrogen) atoms. The van der Waals surface area contributed by atoms with E-state index in [9.17, 15) is 9.90 Å². The molecule has 1 aromatic rings. The Hall–Kier alpha value is -1.30. The zero-order valence-corrected chi connectivity index (χ0v) is 12.9. The predicted molar refractivity (Wildman–Crippen MR) is 85.4 cm³/mol. The van der Waals surface area contributed by atoms with Crippen LogP contribution in [0.25, 0.3) is 0 Å². The molecular weight excluding hydrogens is 290 g/mol. The van der Waals surface area contributed by atoms with Crippen LogP contribution in [0, 0.1) is 0 Å². The third kappa shape index (κ3) is 3.87. The molecule has 0 bridgehead atoms. The van der Waals surface area contributed by atoms with Crippen LogP contribution in [-0.2, 0) is 4.79 Å². The summed E-state index contributed by atoms with van der Waals surface area (Å²) < 4.78 is 0. The Morgan fingerprint density at radius 1 is 1.57 bits per heavy atom. The minimum atomic E-state index is -0.308. The largest absolute Gasteiger partial charge is 0.397 e. The summed E-state index contributed by atoms with van der Waals surface area (Å²) in [6.07, 6.45) is 3.08. The second-order valence-corrected chi connectivity index (χ2v) is 5.90. The van der Waals surface area contributed by atoms with Gasteiger partial charge in [0, 0.05) is 11.1 Å². The lowest BCUT2D eigenvalue weighted by Gasteiger charge is -2.38. The number of likely N-dealkylation sites (tertiary alicyclic amines) is 1. The molecule has 5 nitrogen and oxygen atoms in total. The van der Waals surface area contributed by atoms with E-state index in [-0.39, 0.29) is 24.6 Å². The maximum absolute atomic E-state index is 12.4. The van der Waals surface area contributed by atoms with E-state index in [1.54, 1.807) is 18.2 Å².